The smallest absolute Gasteiger partial charge is 0.349 e. The predicted molar refractivity (Wildman–Crippen MR) is 69.0 cm³/mol. The molecule has 1 aliphatic rings. The third-order valence-corrected chi connectivity index (χ3v) is 3.80. The van der Waals surface area contributed by atoms with Gasteiger partial charge >= 0.3 is 12.0 Å². The summed E-state index contributed by atoms with van der Waals surface area (Å²) in [7, 11) is 0. The number of rotatable bonds is 3. The van der Waals surface area contributed by atoms with Gasteiger partial charge in [0.2, 0.25) is 0 Å². The van der Waals surface area contributed by atoms with Gasteiger partial charge in [-0.2, -0.15) is 0 Å². The molecule has 1 N–H and O–H groups in total. The van der Waals surface area contributed by atoms with Crippen LogP contribution in [-0.4, -0.2) is 42.0 Å². The van der Waals surface area contributed by atoms with Crippen LogP contribution in [0.2, 0.25) is 0 Å². The van der Waals surface area contributed by atoms with E-state index in [2.05, 4.69) is 5.32 Å². The first-order valence-electron chi connectivity index (χ1n) is 5.85. The van der Waals surface area contributed by atoms with Crippen LogP contribution in [0.5, 0.6) is 0 Å². The molecule has 1 saturated heterocycles. The molecule has 19 heavy (non-hydrogen) atoms. The van der Waals surface area contributed by atoms with Gasteiger partial charge in [0.05, 0.1) is 0 Å². The molecule has 0 aliphatic carbocycles. The summed E-state index contributed by atoms with van der Waals surface area (Å²) in [4.78, 5) is 36.7. The van der Waals surface area contributed by atoms with E-state index in [0.717, 1.165) is 10.5 Å². The maximum absolute atomic E-state index is 11.9. The van der Waals surface area contributed by atoms with E-state index in [4.69, 9.17) is 4.74 Å². The number of urea groups is 1. The number of hydrogen-bond acceptors (Lipinski definition) is 5. The number of amides is 3. The molecule has 2 rings (SSSR count). The first-order valence-corrected chi connectivity index (χ1v) is 6.73. The lowest BCUT2D eigenvalue weighted by Crippen LogP contribution is -2.41. The van der Waals surface area contributed by atoms with Crippen molar-refractivity contribution >= 4 is 29.2 Å². The van der Waals surface area contributed by atoms with Crippen LogP contribution in [0.3, 0.4) is 0 Å². The van der Waals surface area contributed by atoms with Crippen molar-refractivity contribution in [2.75, 3.05) is 13.1 Å². The van der Waals surface area contributed by atoms with Crippen molar-refractivity contribution in [2.24, 2.45) is 0 Å². The summed E-state index contributed by atoms with van der Waals surface area (Å²) in [6.07, 6.45) is -0.974. The number of carbonyl (C=O) groups is 3. The topological polar surface area (TPSA) is 75.7 Å². The molecule has 1 aliphatic heterocycles. The zero-order chi connectivity index (χ0) is 14.0. The normalized spacial score (nSPS) is 16.1. The second kappa shape index (κ2) is 5.40. The summed E-state index contributed by atoms with van der Waals surface area (Å²) in [5.74, 6) is -1.04. The number of nitrogens with one attached hydrogen (secondary N) is 1. The van der Waals surface area contributed by atoms with Crippen molar-refractivity contribution in [1.29, 1.82) is 0 Å². The van der Waals surface area contributed by atoms with Gasteiger partial charge in [-0.25, -0.2) is 9.59 Å². The number of aryl methyl sites for hydroxylation is 1. The first kappa shape index (κ1) is 13.5. The van der Waals surface area contributed by atoms with E-state index in [-0.39, 0.29) is 0 Å². The van der Waals surface area contributed by atoms with Gasteiger partial charge in [-0.05, 0) is 30.9 Å². The number of nitrogens with zero attached hydrogens (tertiary/aromatic N) is 1. The van der Waals surface area contributed by atoms with Gasteiger partial charge in [0.25, 0.3) is 5.91 Å². The second-order valence-electron chi connectivity index (χ2n) is 4.20. The Morgan fingerprint density at radius 3 is 2.79 bits per heavy atom. The fourth-order valence-corrected chi connectivity index (χ4v) is 2.55. The molecule has 0 aromatic carbocycles. The summed E-state index contributed by atoms with van der Waals surface area (Å²) < 4.78 is 5.10. The largest absolute Gasteiger partial charge is 0.448 e. The van der Waals surface area contributed by atoms with E-state index in [1.54, 1.807) is 12.3 Å². The molecular weight excluding hydrogens is 268 g/mol. The van der Waals surface area contributed by atoms with Gasteiger partial charge < -0.3 is 10.1 Å². The van der Waals surface area contributed by atoms with E-state index in [9.17, 15) is 14.4 Å². The minimum atomic E-state index is -0.974. The zero-order valence-electron chi connectivity index (χ0n) is 10.6. The lowest BCUT2D eigenvalue weighted by molar-refractivity contribution is -0.136. The van der Waals surface area contributed by atoms with Gasteiger partial charge in [-0.1, -0.05) is 0 Å². The molecule has 0 spiro atoms. The summed E-state index contributed by atoms with van der Waals surface area (Å²) in [5.41, 5.74) is 0.813. The van der Waals surface area contributed by atoms with Crippen molar-refractivity contribution in [3.8, 4) is 0 Å². The van der Waals surface area contributed by atoms with Crippen LogP contribution in [0.15, 0.2) is 11.4 Å². The molecule has 102 valence electrons. The summed E-state index contributed by atoms with van der Waals surface area (Å²) >= 11 is 1.27. The molecule has 0 radical (unpaired) electrons. The van der Waals surface area contributed by atoms with Crippen molar-refractivity contribution in [3.05, 3.63) is 21.9 Å². The standard InChI is InChI=1S/C12H14N2O4S/c1-7-3-6-19-9(7)11(16)18-8(2)10(15)14-5-4-13-12(14)17/h3,6,8H,4-5H2,1-2H3,(H,13,17)/t8-/m0/s1. The molecule has 2 heterocycles. The highest BCUT2D eigenvalue weighted by atomic mass is 32.1. The quantitative estimate of drug-likeness (QED) is 0.844. The lowest BCUT2D eigenvalue weighted by atomic mass is 10.3. The van der Waals surface area contributed by atoms with Crippen LogP contribution in [0, 0.1) is 6.92 Å². The average molecular weight is 282 g/mol. The molecule has 1 fully saturated rings. The van der Waals surface area contributed by atoms with Gasteiger partial charge in [-0.3, -0.25) is 9.69 Å². The summed E-state index contributed by atoms with van der Waals surface area (Å²) in [6.45, 7) is 4.00. The molecule has 1 aromatic rings. The average Bonchev–Trinajstić information content (AvgIpc) is 2.96. The van der Waals surface area contributed by atoms with Crippen LogP contribution in [0.4, 0.5) is 4.79 Å². The number of hydrogen-bond donors (Lipinski definition) is 1. The van der Waals surface area contributed by atoms with Crippen LogP contribution in [-0.2, 0) is 9.53 Å². The molecule has 1 atom stereocenters. The minimum absolute atomic E-state index is 0.303. The molecular formula is C12H14N2O4S. The Morgan fingerprint density at radius 2 is 2.26 bits per heavy atom. The maximum atomic E-state index is 11.9. The Bertz CT molecular complexity index is 526. The minimum Gasteiger partial charge on any atom is -0.448 e. The maximum Gasteiger partial charge on any atom is 0.349 e. The van der Waals surface area contributed by atoms with Gasteiger partial charge in [0.15, 0.2) is 6.10 Å². The van der Waals surface area contributed by atoms with E-state index >= 15 is 0 Å². The van der Waals surface area contributed by atoms with E-state index in [1.165, 1.54) is 18.3 Å². The number of esters is 1. The Kier molecular flexibility index (Phi) is 3.84. The highest BCUT2D eigenvalue weighted by Crippen LogP contribution is 2.17. The molecule has 3 amide bonds. The molecule has 7 heteroatoms. The highest BCUT2D eigenvalue weighted by molar-refractivity contribution is 7.12. The fourth-order valence-electron chi connectivity index (χ4n) is 1.75. The van der Waals surface area contributed by atoms with Crippen molar-refractivity contribution in [1.82, 2.24) is 10.2 Å². The van der Waals surface area contributed by atoms with Gasteiger partial charge in [-0.15, -0.1) is 11.3 Å². The monoisotopic (exact) mass is 282 g/mol. The Morgan fingerprint density at radius 1 is 1.53 bits per heavy atom. The first-order chi connectivity index (χ1) is 9.00. The Hall–Kier alpha value is -1.89. The molecule has 0 unspecified atom stereocenters. The lowest BCUT2D eigenvalue weighted by Gasteiger charge is -2.17. The second-order valence-corrected chi connectivity index (χ2v) is 5.12. The SMILES string of the molecule is Cc1ccsc1C(=O)O[C@@H](C)C(=O)N1CCNC1=O. The van der Waals surface area contributed by atoms with Crippen molar-refractivity contribution < 1.29 is 19.1 Å². The Balaban J connectivity index is 1.99. The highest BCUT2D eigenvalue weighted by Gasteiger charge is 2.32. The van der Waals surface area contributed by atoms with E-state index in [0.29, 0.717) is 18.0 Å². The van der Waals surface area contributed by atoms with E-state index in [1.807, 2.05) is 6.07 Å². The van der Waals surface area contributed by atoms with Gasteiger partial charge in [0, 0.05) is 13.1 Å². The number of thiophene rings is 1. The van der Waals surface area contributed by atoms with Crippen LogP contribution < -0.4 is 5.32 Å². The third-order valence-electron chi connectivity index (χ3n) is 2.80. The van der Waals surface area contributed by atoms with Crippen molar-refractivity contribution in [2.45, 2.75) is 20.0 Å². The number of ether oxygens (including phenoxy) is 1. The van der Waals surface area contributed by atoms with Crippen LogP contribution >= 0.6 is 11.3 Å². The van der Waals surface area contributed by atoms with E-state index < -0.39 is 24.0 Å². The van der Waals surface area contributed by atoms with Gasteiger partial charge in [0.1, 0.15) is 4.88 Å². The summed E-state index contributed by atoms with van der Waals surface area (Å²) in [5, 5.41) is 4.31. The molecule has 6 nitrogen and oxygen atoms in total. The molecule has 0 saturated carbocycles. The van der Waals surface area contributed by atoms with Crippen molar-refractivity contribution in [3.63, 3.8) is 0 Å². The van der Waals surface area contributed by atoms with Crippen LogP contribution in [0.1, 0.15) is 22.2 Å². The molecule has 1 aromatic heterocycles. The third kappa shape index (κ3) is 2.76. The number of carbonyl (C=O) groups excluding carboxylic acids is 3. The zero-order valence-corrected chi connectivity index (χ0v) is 11.5. The number of imide groups is 1. The predicted octanol–water partition coefficient (Wildman–Crippen LogP) is 1.15. The molecule has 0 bridgehead atoms. The Labute approximate surface area is 114 Å². The fraction of sp³-hybridized carbons (Fsp3) is 0.417. The van der Waals surface area contributed by atoms with Crippen LogP contribution in [0.25, 0.3) is 0 Å². The summed E-state index contributed by atoms with van der Waals surface area (Å²) in [6, 6.07) is 1.36.